The topological polar surface area (TPSA) is 64.3 Å². The molecule has 21 heavy (non-hydrogen) atoms. The number of nitrogens with one attached hydrogen (secondary N) is 2. The van der Waals surface area contributed by atoms with Gasteiger partial charge in [0.1, 0.15) is 0 Å². The minimum atomic E-state index is -0.118. The van der Waals surface area contributed by atoms with Gasteiger partial charge in [0.25, 0.3) is 0 Å². The molecule has 0 bridgehead atoms. The van der Waals surface area contributed by atoms with Crippen molar-refractivity contribution in [1.29, 1.82) is 0 Å². The van der Waals surface area contributed by atoms with E-state index in [2.05, 4.69) is 32.3 Å². The van der Waals surface area contributed by atoms with Crippen LogP contribution < -0.4 is 15.1 Å². The highest BCUT2D eigenvalue weighted by Gasteiger charge is 2.21. The lowest BCUT2D eigenvalue weighted by Crippen LogP contribution is -2.34. The Morgan fingerprint density at radius 2 is 2.38 bits per heavy atom. The predicted molar refractivity (Wildman–Crippen MR) is 82.6 cm³/mol. The van der Waals surface area contributed by atoms with E-state index >= 15 is 0 Å². The number of amides is 2. The summed E-state index contributed by atoms with van der Waals surface area (Å²) >= 11 is 0. The fourth-order valence-electron chi connectivity index (χ4n) is 2.67. The molecule has 2 N–H and O–H groups in total. The van der Waals surface area contributed by atoms with Gasteiger partial charge in [-0.15, -0.1) is 0 Å². The lowest BCUT2D eigenvalue weighted by Gasteiger charge is -2.22. The number of anilines is 2. The van der Waals surface area contributed by atoms with Gasteiger partial charge in [0.05, 0.1) is 18.6 Å². The number of hydrogen-bond donors (Lipinski definition) is 2. The van der Waals surface area contributed by atoms with Gasteiger partial charge in [-0.05, 0) is 24.1 Å². The first-order valence-corrected chi connectivity index (χ1v) is 6.99. The largest absolute Gasteiger partial charge is 0.365 e. The Balaban J connectivity index is 1.85. The van der Waals surface area contributed by atoms with Gasteiger partial charge in [-0.2, -0.15) is 0 Å². The predicted octanol–water partition coefficient (Wildman–Crippen LogP) is 1.75. The zero-order valence-corrected chi connectivity index (χ0v) is 12.3. The molecule has 1 aromatic heterocycles. The van der Waals surface area contributed by atoms with Crippen molar-refractivity contribution in [2.45, 2.75) is 13.0 Å². The molecule has 0 spiro atoms. The number of aromatic amines is 1. The number of aromatic nitrogens is 2. The Bertz CT molecular complexity index is 638. The number of fused-ring (bicyclic) bond motifs is 1. The second kappa shape index (κ2) is 5.47. The summed E-state index contributed by atoms with van der Waals surface area (Å²) in [5.41, 5.74) is 4.50. The maximum absolute atomic E-state index is 11.7. The fourth-order valence-corrected chi connectivity index (χ4v) is 2.67. The van der Waals surface area contributed by atoms with Crippen LogP contribution in [0.2, 0.25) is 0 Å². The lowest BCUT2D eigenvalue weighted by atomic mass is 10.1. The smallest absolute Gasteiger partial charge is 0.321 e. The van der Waals surface area contributed by atoms with E-state index in [1.807, 2.05) is 12.3 Å². The quantitative estimate of drug-likeness (QED) is 0.903. The number of urea groups is 1. The van der Waals surface area contributed by atoms with Crippen molar-refractivity contribution < 1.29 is 4.79 Å². The van der Waals surface area contributed by atoms with E-state index in [0.29, 0.717) is 0 Å². The lowest BCUT2D eigenvalue weighted by molar-refractivity contribution is 0.249. The molecule has 6 heteroatoms. The Morgan fingerprint density at radius 3 is 3.10 bits per heavy atom. The van der Waals surface area contributed by atoms with Gasteiger partial charge in [-0.3, -0.25) is 4.90 Å². The molecule has 0 aliphatic carbocycles. The van der Waals surface area contributed by atoms with Crippen LogP contribution in [0.4, 0.5) is 16.2 Å². The molecule has 110 valence electrons. The highest BCUT2D eigenvalue weighted by molar-refractivity contribution is 5.92. The van der Waals surface area contributed by atoms with Crippen LogP contribution in [0.25, 0.3) is 0 Å². The summed E-state index contributed by atoms with van der Waals surface area (Å²) in [6.07, 6.45) is 4.58. The molecule has 6 nitrogen and oxygen atoms in total. The van der Waals surface area contributed by atoms with Crippen molar-refractivity contribution in [3.8, 4) is 0 Å². The van der Waals surface area contributed by atoms with E-state index in [4.69, 9.17) is 0 Å². The van der Waals surface area contributed by atoms with Crippen LogP contribution in [0.5, 0.6) is 0 Å². The molecule has 2 heterocycles. The van der Waals surface area contributed by atoms with Crippen LogP contribution in [-0.2, 0) is 13.0 Å². The third-order valence-electron chi connectivity index (χ3n) is 3.88. The number of nitrogens with zero attached hydrogens (tertiary/aromatic N) is 3. The third kappa shape index (κ3) is 2.56. The summed E-state index contributed by atoms with van der Waals surface area (Å²) in [6, 6.07) is 6.06. The summed E-state index contributed by atoms with van der Waals surface area (Å²) in [5, 5.41) is 2.64. The average Bonchev–Trinajstić information content (AvgIpc) is 3.16. The highest BCUT2D eigenvalue weighted by Crippen LogP contribution is 2.32. The van der Waals surface area contributed by atoms with Crippen LogP contribution in [-0.4, -0.2) is 36.6 Å². The molecule has 0 atom stereocenters. The molecule has 0 radical (unpaired) electrons. The highest BCUT2D eigenvalue weighted by atomic mass is 16.2. The maximum atomic E-state index is 11.7. The van der Waals surface area contributed by atoms with Crippen LogP contribution in [0.15, 0.2) is 30.7 Å². The molecule has 2 aromatic rings. The monoisotopic (exact) mass is 285 g/mol. The Hall–Kier alpha value is -2.50. The van der Waals surface area contributed by atoms with Crippen molar-refractivity contribution in [2.75, 3.05) is 30.4 Å². The molecule has 0 saturated carbocycles. The number of hydrogen-bond acceptors (Lipinski definition) is 3. The van der Waals surface area contributed by atoms with E-state index in [0.717, 1.165) is 30.9 Å². The first-order valence-electron chi connectivity index (χ1n) is 6.99. The van der Waals surface area contributed by atoms with Crippen LogP contribution in [0.1, 0.15) is 11.3 Å². The minimum Gasteiger partial charge on any atom is -0.365 e. The first-order chi connectivity index (χ1) is 10.2. The average molecular weight is 285 g/mol. The fraction of sp³-hybridized carbons (Fsp3) is 0.333. The van der Waals surface area contributed by atoms with Crippen molar-refractivity contribution in [1.82, 2.24) is 15.3 Å². The van der Waals surface area contributed by atoms with E-state index < -0.39 is 0 Å². The van der Waals surface area contributed by atoms with Gasteiger partial charge in [0.15, 0.2) is 0 Å². The minimum absolute atomic E-state index is 0.118. The third-order valence-corrected chi connectivity index (χ3v) is 3.88. The first kappa shape index (κ1) is 13.5. The summed E-state index contributed by atoms with van der Waals surface area (Å²) in [6.45, 7) is 1.79. The van der Waals surface area contributed by atoms with Gasteiger partial charge < -0.3 is 15.2 Å². The summed E-state index contributed by atoms with van der Waals surface area (Å²) in [4.78, 5) is 22.9. The number of rotatable bonds is 3. The van der Waals surface area contributed by atoms with Crippen LogP contribution in [0, 0.1) is 0 Å². The van der Waals surface area contributed by atoms with Gasteiger partial charge in [0, 0.05) is 38.2 Å². The Morgan fingerprint density at radius 1 is 1.52 bits per heavy atom. The van der Waals surface area contributed by atoms with Crippen LogP contribution in [0.3, 0.4) is 0 Å². The second-order valence-corrected chi connectivity index (χ2v) is 5.18. The summed E-state index contributed by atoms with van der Waals surface area (Å²) in [5.74, 6) is 0. The van der Waals surface area contributed by atoms with E-state index in [-0.39, 0.29) is 6.03 Å². The van der Waals surface area contributed by atoms with Crippen molar-refractivity contribution in [3.05, 3.63) is 42.0 Å². The van der Waals surface area contributed by atoms with E-state index in [1.54, 1.807) is 25.3 Å². The van der Waals surface area contributed by atoms with Gasteiger partial charge >= 0.3 is 6.03 Å². The molecular formula is C15H19N5O. The number of H-pyrrole nitrogens is 1. The molecule has 0 unspecified atom stereocenters. The second-order valence-electron chi connectivity index (χ2n) is 5.18. The van der Waals surface area contributed by atoms with Gasteiger partial charge in [0.2, 0.25) is 0 Å². The molecule has 0 saturated heterocycles. The van der Waals surface area contributed by atoms with Gasteiger partial charge in [-0.25, -0.2) is 9.78 Å². The number of carbonyl (C=O) groups excluding carboxylic acids is 1. The number of imidazole rings is 1. The molecule has 2 amide bonds. The molecule has 1 aliphatic rings. The maximum Gasteiger partial charge on any atom is 0.321 e. The molecule has 0 fully saturated rings. The van der Waals surface area contributed by atoms with E-state index in [1.165, 1.54) is 11.3 Å². The molecule has 1 aliphatic heterocycles. The molecule has 3 rings (SSSR count). The Labute approximate surface area is 123 Å². The number of carbonyl (C=O) groups is 1. The standard InChI is InChI=1S/C15H19N5O/c1-16-15(21)19(2)13-4-3-11-5-6-20(14(11)7-13)9-12-8-17-10-18-12/h3-4,7-8,10H,5-6,9H2,1-2H3,(H,16,21)(H,17,18). The van der Waals surface area contributed by atoms with Crippen molar-refractivity contribution >= 4 is 17.4 Å². The molecule has 1 aromatic carbocycles. The van der Waals surface area contributed by atoms with Gasteiger partial charge in [-0.1, -0.05) is 6.07 Å². The summed E-state index contributed by atoms with van der Waals surface area (Å²) in [7, 11) is 3.41. The zero-order valence-electron chi connectivity index (χ0n) is 12.3. The number of benzene rings is 1. The SMILES string of the molecule is CNC(=O)N(C)c1ccc2c(c1)N(Cc1cnc[nH]1)CC2. The summed E-state index contributed by atoms with van der Waals surface area (Å²) < 4.78 is 0. The van der Waals surface area contributed by atoms with Crippen LogP contribution >= 0.6 is 0 Å². The molecular weight excluding hydrogens is 266 g/mol. The van der Waals surface area contributed by atoms with Crippen molar-refractivity contribution in [3.63, 3.8) is 0 Å². The van der Waals surface area contributed by atoms with E-state index in [9.17, 15) is 4.79 Å². The normalized spacial score (nSPS) is 13.1. The van der Waals surface area contributed by atoms with Crippen molar-refractivity contribution in [2.24, 2.45) is 0 Å². The Kier molecular flexibility index (Phi) is 3.51. The zero-order chi connectivity index (χ0) is 14.8.